The van der Waals surface area contributed by atoms with Gasteiger partial charge in [-0.25, -0.2) is 9.78 Å². The maximum Gasteiger partial charge on any atom is 0.335 e. The number of benzene rings is 1. The minimum atomic E-state index is -0.918. The van der Waals surface area contributed by atoms with E-state index in [0.717, 1.165) is 39.6 Å². The van der Waals surface area contributed by atoms with Crippen LogP contribution in [0.5, 0.6) is 0 Å². The Morgan fingerprint density at radius 3 is 2.81 bits per heavy atom. The number of rotatable bonds is 4. The fourth-order valence-electron chi connectivity index (χ4n) is 2.22. The molecule has 0 radical (unpaired) electrons. The van der Waals surface area contributed by atoms with Crippen LogP contribution in [-0.4, -0.2) is 25.8 Å². The van der Waals surface area contributed by atoms with Crippen molar-refractivity contribution in [3.05, 3.63) is 35.5 Å². The van der Waals surface area contributed by atoms with Crippen molar-refractivity contribution < 1.29 is 9.90 Å². The quantitative estimate of drug-likeness (QED) is 0.801. The highest BCUT2D eigenvalue weighted by molar-refractivity contribution is 7.21. The molecule has 108 valence electrons. The van der Waals surface area contributed by atoms with E-state index in [0.29, 0.717) is 0 Å². The second-order valence-electron chi connectivity index (χ2n) is 4.70. The van der Waals surface area contributed by atoms with Crippen LogP contribution in [0.1, 0.15) is 29.9 Å². The Balaban J connectivity index is 2.12. The van der Waals surface area contributed by atoms with E-state index in [1.54, 1.807) is 18.2 Å². The lowest BCUT2D eigenvalue weighted by molar-refractivity contribution is 0.0697. The number of hydrogen-bond donors (Lipinski definition) is 1. The van der Waals surface area contributed by atoms with Gasteiger partial charge in [-0.05, 0) is 37.6 Å². The molecule has 3 aromatic rings. The molecule has 2 heterocycles. The van der Waals surface area contributed by atoms with Crippen molar-refractivity contribution in [1.29, 1.82) is 0 Å². The third-order valence-electron chi connectivity index (χ3n) is 3.35. The summed E-state index contributed by atoms with van der Waals surface area (Å²) in [7, 11) is 0. The molecule has 2 aromatic heterocycles. The molecule has 0 spiro atoms. The highest BCUT2D eigenvalue weighted by atomic mass is 32.1. The van der Waals surface area contributed by atoms with Gasteiger partial charge >= 0.3 is 5.97 Å². The molecule has 0 fully saturated rings. The summed E-state index contributed by atoms with van der Waals surface area (Å²) in [5.41, 5.74) is 3.14. The summed E-state index contributed by atoms with van der Waals surface area (Å²) >= 11 is 1.50. The molecule has 6 heteroatoms. The third-order valence-corrected chi connectivity index (χ3v) is 4.39. The minimum absolute atomic E-state index is 0.288. The summed E-state index contributed by atoms with van der Waals surface area (Å²) in [5, 5.41) is 14.5. The highest BCUT2D eigenvalue weighted by Crippen LogP contribution is 2.31. The zero-order chi connectivity index (χ0) is 15.0. The Morgan fingerprint density at radius 2 is 2.14 bits per heavy atom. The number of aryl methyl sites for hydroxylation is 2. The monoisotopic (exact) mass is 301 g/mol. The summed E-state index contributed by atoms with van der Waals surface area (Å²) in [6.45, 7) is 4.90. The first-order valence-corrected chi connectivity index (χ1v) is 7.65. The molecule has 0 saturated heterocycles. The summed E-state index contributed by atoms with van der Waals surface area (Å²) in [4.78, 5) is 15.6. The number of carbonyl (C=O) groups is 1. The van der Waals surface area contributed by atoms with E-state index in [2.05, 4.69) is 23.1 Å². The standard InChI is InChI=1S/C15H15N3O2S/c1-3-10-8-12(18(4-2)17-10)14-16-11-6-5-9(15(19)20)7-13(11)21-14/h5-8H,3-4H2,1-2H3,(H,19,20). The molecule has 0 unspecified atom stereocenters. The Labute approximate surface area is 125 Å². The molecule has 0 atom stereocenters. The number of hydrogen-bond acceptors (Lipinski definition) is 4. The van der Waals surface area contributed by atoms with Crippen LogP contribution in [0.15, 0.2) is 24.3 Å². The zero-order valence-electron chi connectivity index (χ0n) is 11.8. The lowest BCUT2D eigenvalue weighted by Gasteiger charge is -1.99. The van der Waals surface area contributed by atoms with Crippen LogP contribution in [0.2, 0.25) is 0 Å². The zero-order valence-corrected chi connectivity index (χ0v) is 12.6. The number of aromatic nitrogens is 3. The van der Waals surface area contributed by atoms with E-state index in [-0.39, 0.29) is 5.56 Å². The predicted molar refractivity (Wildman–Crippen MR) is 82.9 cm³/mol. The van der Waals surface area contributed by atoms with E-state index in [1.807, 2.05) is 11.6 Å². The number of fused-ring (bicyclic) bond motifs is 1. The van der Waals surface area contributed by atoms with E-state index in [9.17, 15) is 4.79 Å². The van der Waals surface area contributed by atoms with Crippen molar-refractivity contribution >= 4 is 27.5 Å². The summed E-state index contributed by atoms with van der Waals surface area (Å²) < 4.78 is 2.82. The smallest absolute Gasteiger partial charge is 0.335 e. The van der Waals surface area contributed by atoms with Gasteiger partial charge in [0.15, 0.2) is 0 Å². The lowest BCUT2D eigenvalue weighted by Crippen LogP contribution is -1.99. The maximum absolute atomic E-state index is 11.0. The van der Waals surface area contributed by atoms with E-state index < -0.39 is 5.97 Å². The van der Waals surface area contributed by atoms with Crippen LogP contribution in [0, 0.1) is 0 Å². The molecule has 1 N–H and O–H groups in total. The normalized spacial score (nSPS) is 11.1. The molecule has 3 rings (SSSR count). The van der Waals surface area contributed by atoms with E-state index in [1.165, 1.54) is 11.3 Å². The van der Waals surface area contributed by atoms with E-state index >= 15 is 0 Å². The van der Waals surface area contributed by atoms with Crippen molar-refractivity contribution in [3.8, 4) is 10.7 Å². The van der Waals surface area contributed by atoms with Crippen LogP contribution in [-0.2, 0) is 13.0 Å². The molecule has 0 aliphatic rings. The van der Waals surface area contributed by atoms with Crippen molar-refractivity contribution in [1.82, 2.24) is 14.8 Å². The third kappa shape index (κ3) is 2.42. The molecule has 1 aromatic carbocycles. The Bertz CT molecular complexity index is 820. The van der Waals surface area contributed by atoms with Gasteiger partial charge in [0.2, 0.25) is 0 Å². The first-order valence-electron chi connectivity index (χ1n) is 6.83. The molecular weight excluding hydrogens is 286 g/mol. The van der Waals surface area contributed by atoms with Crippen LogP contribution < -0.4 is 0 Å². The van der Waals surface area contributed by atoms with Crippen molar-refractivity contribution in [2.75, 3.05) is 0 Å². The number of carboxylic acids is 1. The molecule has 0 aliphatic carbocycles. The molecule has 0 bridgehead atoms. The van der Waals surface area contributed by atoms with Gasteiger partial charge < -0.3 is 5.11 Å². The van der Waals surface area contributed by atoms with Crippen LogP contribution in [0.4, 0.5) is 0 Å². The Hall–Kier alpha value is -2.21. The first-order chi connectivity index (χ1) is 10.1. The highest BCUT2D eigenvalue weighted by Gasteiger charge is 2.14. The van der Waals surface area contributed by atoms with Gasteiger partial charge in [-0.2, -0.15) is 5.10 Å². The molecule has 0 saturated carbocycles. The number of thiazole rings is 1. The molecule has 0 amide bonds. The number of aromatic carboxylic acids is 1. The predicted octanol–water partition coefficient (Wildman–Crippen LogP) is 3.44. The maximum atomic E-state index is 11.0. The topological polar surface area (TPSA) is 68.0 Å². The largest absolute Gasteiger partial charge is 0.478 e. The summed E-state index contributed by atoms with van der Waals surface area (Å²) in [6.07, 6.45) is 0.883. The fourth-order valence-corrected chi connectivity index (χ4v) is 3.25. The van der Waals surface area contributed by atoms with Gasteiger partial charge in [0.1, 0.15) is 5.01 Å². The Morgan fingerprint density at radius 1 is 1.33 bits per heavy atom. The van der Waals surface area contributed by atoms with Crippen LogP contribution >= 0.6 is 11.3 Å². The Kier molecular flexibility index (Phi) is 3.47. The summed E-state index contributed by atoms with van der Waals surface area (Å²) in [6, 6.07) is 7.07. The second kappa shape index (κ2) is 5.29. The van der Waals surface area contributed by atoms with E-state index in [4.69, 9.17) is 5.11 Å². The van der Waals surface area contributed by atoms with Gasteiger partial charge in [-0.15, -0.1) is 11.3 Å². The number of nitrogens with zero attached hydrogens (tertiary/aromatic N) is 3. The van der Waals surface area contributed by atoms with Crippen LogP contribution in [0.25, 0.3) is 20.9 Å². The van der Waals surface area contributed by atoms with Gasteiger partial charge in [0, 0.05) is 6.54 Å². The van der Waals surface area contributed by atoms with Crippen molar-refractivity contribution in [3.63, 3.8) is 0 Å². The van der Waals surface area contributed by atoms with Gasteiger partial charge in [-0.1, -0.05) is 6.92 Å². The first kappa shape index (κ1) is 13.8. The average molecular weight is 301 g/mol. The molecular formula is C15H15N3O2S. The molecule has 0 aliphatic heterocycles. The minimum Gasteiger partial charge on any atom is -0.478 e. The second-order valence-corrected chi connectivity index (χ2v) is 5.73. The fraction of sp³-hybridized carbons (Fsp3) is 0.267. The summed E-state index contributed by atoms with van der Waals surface area (Å²) in [5.74, 6) is -0.918. The van der Waals surface area contributed by atoms with Crippen LogP contribution in [0.3, 0.4) is 0 Å². The lowest BCUT2D eigenvalue weighted by atomic mass is 10.2. The molecule has 21 heavy (non-hydrogen) atoms. The van der Waals surface area contributed by atoms with Crippen molar-refractivity contribution in [2.24, 2.45) is 0 Å². The SMILES string of the molecule is CCc1cc(-c2nc3ccc(C(=O)O)cc3s2)n(CC)n1. The molecule has 5 nitrogen and oxygen atoms in total. The van der Waals surface area contributed by atoms with Gasteiger partial charge in [0.25, 0.3) is 0 Å². The number of carboxylic acid groups (broad SMARTS) is 1. The van der Waals surface area contributed by atoms with Gasteiger partial charge in [0.05, 0.1) is 27.2 Å². The average Bonchev–Trinajstić information content (AvgIpc) is 3.09. The van der Waals surface area contributed by atoms with Crippen molar-refractivity contribution in [2.45, 2.75) is 26.8 Å². The van der Waals surface area contributed by atoms with Gasteiger partial charge in [-0.3, -0.25) is 4.68 Å².